The number of hydrogen-bond acceptors (Lipinski definition) is 3. The van der Waals surface area contributed by atoms with E-state index in [1.807, 2.05) is 6.92 Å². The normalized spacial score (nSPS) is 11.4. The molecule has 0 saturated carbocycles. The lowest BCUT2D eigenvalue weighted by Gasteiger charge is -2.23. The molecule has 1 N–H and O–H groups in total. The van der Waals surface area contributed by atoms with Crippen LogP contribution in [0, 0.1) is 0 Å². The predicted octanol–water partition coefficient (Wildman–Crippen LogP) is 6.37. The van der Waals surface area contributed by atoms with E-state index >= 15 is 0 Å². The molecule has 0 aromatic heterocycles. The summed E-state index contributed by atoms with van der Waals surface area (Å²) in [6.07, 6.45) is 12.3. The summed E-state index contributed by atoms with van der Waals surface area (Å²) >= 11 is 5.86. The molecule has 2 amide bonds. The van der Waals surface area contributed by atoms with E-state index in [1.165, 1.54) is 62.8 Å². The molecule has 1 aromatic carbocycles. The third kappa shape index (κ3) is 9.85. The van der Waals surface area contributed by atoms with E-state index in [0.717, 1.165) is 30.0 Å². The molecule has 1 rings (SSSR count). The average molecular weight is 445 g/mol. The number of amides is 2. The minimum absolute atomic E-state index is 0.0839. The van der Waals surface area contributed by atoms with Crippen LogP contribution in [-0.2, 0) is 10.0 Å². The van der Waals surface area contributed by atoms with Gasteiger partial charge in [0.1, 0.15) is 0 Å². The molecule has 0 atom stereocenters. The van der Waals surface area contributed by atoms with Crippen LogP contribution in [0.1, 0.15) is 84.5 Å². The zero-order chi connectivity index (χ0) is 21.5. The highest BCUT2D eigenvalue weighted by Gasteiger charge is 2.28. The van der Waals surface area contributed by atoms with Crippen LogP contribution in [0.3, 0.4) is 0 Å². The standard InChI is InChI=1S/C22H37ClN2O3S/c1-3-5-6-7-8-9-10-11-12-13-19-25(22(26)24-18-4-2)29(27,28)21-16-14-20(23)15-17-21/h14-17H,3-13,18-19H2,1-2H3,(H,24,26). The van der Waals surface area contributed by atoms with Crippen LogP contribution in [0.15, 0.2) is 29.2 Å². The molecule has 0 unspecified atom stereocenters. The molecule has 0 aliphatic heterocycles. The van der Waals surface area contributed by atoms with Crippen molar-refractivity contribution >= 4 is 27.7 Å². The van der Waals surface area contributed by atoms with Gasteiger partial charge in [0.05, 0.1) is 4.90 Å². The summed E-state index contributed by atoms with van der Waals surface area (Å²) < 4.78 is 26.9. The van der Waals surface area contributed by atoms with Crippen LogP contribution in [0.5, 0.6) is 0 Å². The predicted molar refractivity (Wildman–Crippen MR) is 121 cm³/mol. The maximum Gasteiger partial charge on any atom is 0.331 e. The van der Waals surface area contributed by atoms with Crippen LogP contribution in [0.25, 0.3) is 0 Å². The quantitative estimate of drug-likeness (QED) is 0.319. The lowest BCUT2D eigenvalue weighted by atomic mass is 10.1. The van der Waals surface area contributed by atoms with Gasteiger partial charge in [0.25, 0.3) is 10.0 Å². The number of nitrogens with one attached hydrogen (secondary N) is 1. The van der Waals surface area contributed by atoms with Gasteiger partial charge in [-0.15, -0.1) is 0 Å². The van der Waals surface area contributed by atoms with Crippen molar-refractivity contribution in [1.29, 1.82) is 0 Å². The molecular weight excluding hydrogens is 408 g/mol. The van der Waals surface area contributed by atoms with Crippen molar-refractivity contribution in [2.75, 3.05) is 13.1 Å². The van der Waals surface area contributed by atoms with Gasteiger partial charge < -0.3 is 5.32 Å². The Hall–Kier alpha value is -1.27. The number of carbonyl (C=O) groups excluding carboxylic acids is 1. The number of halogens is 1. The van der Waals surface area contributed by atoms with Gasteiger partial charge in [-0.25, -0.2) is 17.5 Å². The Labute approximate surface area is 182 Å². The monoisotopic (exact) mass is 444 g/mol. The van der Waals surface area contributed by atoms with Crippen molar-refractivity contribution in [3.63, 3.8) is 0 Å². The van der Waals surface area contributed by atoms with Crippen LogP contribution in [-0.4, -0.2) is 31.8 Å². The first-order valence-electron chi connectivity index (χ1n) is 11.0. The fraction of sp³-hybridized carbons (Fsp3) is 0.682. The zero-order valence-corrected chi connectivity index (χ0v) is 19.5. The van der Waals surface area contributed by atoms with Gasteiger partial charge in [0, 0.05) is 18.1 Å². The lowest BCUT2D eigenvalue weighted by Crippen LogP contribution is -2.44. The fourth-order valence-electron chi connectivity index (χ4n) is 3.13. The van der Waals surface area contributed by atoms with Crippen molar-refractivity contribution in [3.05, 3.63) is 29.3 Å². The minimum atomic E-state index is -3.90. The van der Waals surface area contributed by atoms with Crippen LogP contribution in [0.2, 0.25) is 5.02 Å². The summed E-state index contributed by atoms with van der Waals surface area (Å²) in [4.78, 5) is 12.6. The van der Waals surface area contributed by atoms with Gasteiger partial charge in [-0.05, 0) is 37.1 Å². The highest BCUT2D eigenvalue weighted by Crippen LogP contribution is 2.20. The van der Waals surface area contributed by atoms with Crippen molar-refractivity contribution in [1.82, 2.24) is 9.62 Å². The van der Waals surface area contributed by atoms with Gasteiger partial charge in [0.15, 0.2) is 0 Å². The molecule has 166 valence electrons. The Bertz CT molecular complexity index is 678. The summed E-state index contributed by atoms with van der Waals surface area (Å²) in [5, 5.41) is 3.15. The van der Waals surface area contributed by atoms with Crippen LogP contribution >= 0.6 is 11.6 Å². The maximum atomic E-state index is 13.0. The van der Waals surface area contributed by atoms with Gasteiger partial charge >= 0.3 is 6.03 Å². The number of urea groups is 1. The number of carbonyl (C=O) groups is 1. The molecule has 0 aliphatic rings. The highest BCUT2D eigenvalue weighted by atomic mass is 35.5. The first-order chi connectivity index (χ1) is 13.9. The molecule has 5 nitrogen and oxygen atoms in total. The largest absolute Gasteiger partial charge is 0.337 e. The van der Waals surface area contributed by atoms with Crippen molar-refractivity contribution in [2.45, 2.75) is 89.4 Å². The molecule has 7 heteroatoms. The molecule has 0 bridgehead atoms. The van der Waals surface area contributed by atoms with Crippen LogP contribution < -0.4 is 5.32 Å². The van der Waals surface area contributed by atoms with Crippen molar-refractivity contribution in [2.24, 2.45) is 0 Å². The molecule has 0 heterocycles. The molecule has 0 aliphatic carbocycles. The van der Waals surface area contributed by atoms with E-state index in [4.69, 9.17) is 11.6 Å². The van der Waals surface area contributed by atoms with E-state index < -0.39 is 16.1 Å². The molecule has 0 radical (unpaired) electrons. The Kier molecular flexibility index (Phi) is 13.0. The van der Waals surface area contributed by atoms with Crippen LogP contribution in [0.4, 0.5) is 4.79 Å². The zero-order valence-electron chi connectivity index (χ0n) is 18.0. The number of nitrogens with zero attached hydrogens (tertiary/aromatic N) is 1. The third-order valence-corrected chi connectivity index (χ3v) is 6.92. The Balaban J connectivity index is 2.54. The van der Waals surface area contributed by atoms with Gasteiger partial charge in [-0.2, -0.15) is 0 Å². The number of unbranched alkanes of at least 4 members (excludes halogenated alkanes) is 9. The van der Waals surface area contributed by atoms with E-state index in [-0.39, 0.29) is 11.4 Å². The molecule has 0 fully saturated rings. The van der Waals surface area contributed by atoms with Crippen molar-refractivity contribution in [3.8, 4) is 0 Å². The summed E-state index contributed by atoms with van der Waals surface area (Å²) in [5.41, 5.74) is 0. The number of sulfonamides is 1. The Morgan fingerprint density at radius 2 is 1.38 bits per heavy atom. The second-order valence-corrected chi connectivity index (χ2v) is 9.74. The summed E-state index contributed by atoms with van der Waals surface area (Å²) in [5.74, 6) is 0. The average Bonchev–Trinajstić information content (AvgIpc) is 2.70. The second-order valence-electron chi connectivity index (χ2n) is 7.45. The molecule has 0 saturated heterocycles. The van der Waals surface area contributed by atoms with Gasteiger partial charge in [0.2, 0.25) is 0 Å². The Morgan fingerprint density at radius 3 is 1.90 bits per heavy atom. The maximum absolute atomic E-state index is 13.0. The molecule has 0 spiro atoms. The molecular formula is C22H37ClN2O3S. The Morgan fingerprint density at radius 1 is 0.862 bits per heavy atom. The summed E-state index contributed by atoms with van der Waals surface area (Å²) in [6, 6.07) is 5.37. The minimum Gasteiger partial charge on any atom is -0.337 e. The highest BCUT2D eigenvalue weighted by molar-refractivity contribution is 7.89. The van der Waals surface area contributed by atoms with E-state index in [0.29, 0.717) is 18.0 Å². The van der Waals surface area contributed by atoms with E-state index in [1.54, 1.807) is 0 Å². The number of benzene rings is 1. The smallest absolute Gasteiger partial charge is 0.331 e. The van der Waals surface area contributed by atoms with E-state index in [9.17, 15) is 13.2 Å². The summed E-state index contributed by atoms with van der Waals surface area (Å²) in [7, 11) is -3.90. The second kappa shape index (κ2) is 14.7. The number of rotatable bonds is 15. The topological polar surface area (TPSA) is 66.5 Å². The van der Waals surface area contributed by atoms with Gasteiger partial charge in [-0.1, -0.05) is 83.2 Å². The fourth-order valence-corrected chi connectivity index (χ4v) is 4.64. The first kappa shape index (κ1) is 25.8. The molecule has 29 heavy (non-hydrogen) atoms. The number of hydrogen-bond donors (Lipinski definition) is 1. The van der Waals surface area contributed by atoms with Gasteiger partial charge in [-0.3, -0.25) is 0 Å². The summed E-state index contributed by atoms with van der Waals surface area (Å²) in [6.45, 7) is 4.79. The first-order valence-corrected chi connectivity index (χ1v) is 12.8. The third-order valence-electron chi connectivity index (χ3n) is 4.87. The SMILES string of the molecule is CCCCCCCCCCCCN(C(=O)NCCC)S(=O)(=O)c1ccc(Cl)cc1. The molecule has 1 aromatic rings. The van der Waals surface area contributed by atoms with Crippen molar-refractivity contribution < 1.29 is 13.2 Å². The van der Waals surface area contributed by atoms with E-state index in [2.05, 4.69) is 12.2 Å². The lowest BCUT2D eigenvalue weighted by molar-refractivity contribution is 0.222.